The quantitative estimate of drug-likeness (QED) is 0.890. The van der Waals surface area contributed by atoms with E-state index in [2.05, 4.69) is 5.32 Å². The fourth-order valence-electron chi connectivity index (χ4n) is 3.56. The van der Waals surface area contributed by atoms with Gasteiger partial charge in [0, 0.05) is 12.6 Å². The third-order valence-corrected chi connectivity index (χ3v) is 4.91. The fourth-order valence-corrected chi connectivity index (χ4v) is 3.56. The van der Waals surface area contributed by atoms with Crippen LogP contribution in [0.4, 0.5) is 8.78 Å². The van der Waals surface area contributed by atoms with Crippen molar-refractivity contribution in [1.29, 1.82) is 0 Å². The van der Waals surface area contributed by atoms with Gasteiger partial charge in [-0.3, -0.25) is 4.79 Å². The smallest absolute Gasteiger partial charge is 0.257 e. The van der Waals surface area contributed by atoms with Gasteiger partial charge in [0.15, 0.2) is 0 Å². The second-order valence-corrected chi connectivity index (χ2v) is 6.37. The van der Waals surface area contributed by atoms with Crippen LogP contribution in [0.1, 0.15) is 54.4 Å². The number of amides is 1. The third-order valence-electron chi connectivity index (χ3n) is 4.91. The lowest BCUT2D eigenvalue weighted by atomic mass is 9.89. The van der Waals surface area contributed by atoms with E-state index in [9.17, 15) is 13.6 Å². The number of halogens is 3. The van der Waals surface area contributed by atoms with Crippen LogP contribution in [0.2, 0.25) is 0 Å². The van der Waals surface area contributed by atoms with Crippen LogP contribution in [0, 0.1) is 11.6 Å². The van der Waals surface area contributed by atoms with Crippen molar-refractivity contribution in [2.24, 2.45) is 0 Å². The highest BCUT2D eigenvalue weighted by molar-refractivity contribution is 5.95. The van der Waals surface area contributed by atoms with Crippen LogP contribution >= 0.6 is 12.4 Å². The summed E-state index contributed by atoms with van der Waals surface area (Å²) in [5.74, 6) is -1.41. The van der Waals surface area contributed by atoms with Gasteiger partial charge < -0.3 is 10.2 Å². The minimum absolute atomic E-state index is 0. The van der Waals surface area contributed by atoms with Crippen LogP contribution in [-0.4, -0.2) is 36.5 Å². The fraction of sp³-hybridized carbons (Fsp3) is 0.588. The first-order valence-corrected chi connectivity index (χ1v) is 8.08. The average Bonchev–Trinajstić information content (AvgIpc) is 2.95. The standard InChI is InChI=1S/C17H22F2N2O.ClH/c1-11-3-2-8-21(11)17(22)14-10-15(18)13(9-16(14)19)12-4-6-20-7-5-12;/h9-12,20H,2-8H2,1H3;1H/t11-;/m1./s1. The molecule has 1 N–H and O–H groups in total. The molecule has 2 aliphatic heterocycles. The molecule has 128 valence electrons. The Morgan fingerprint density at radius 1 is 1.17 bits per heavy atom. The molecule has 1 aromatic rings. The molecule has 0 unspecified atom stereocenters. The summed E-state index contributed by atoms with van der Waals surface area (Å²) < 4.78 is 28.8. The van der Waals surface area contributed by atoms with Crippen molar-refractivity contribution in [3.63, 3.8) is 0 Å². The van der Waals surface area contributed by atoms with Gasteiger partial charge in [0.05, 0.1) is 5.56 Å². The molecule has 3 nitrogen and oxygen atoms in total. The summed E-state index contributed by atoms with van der Waals surface area (Å²) >= 11 is 0. The molecule has 3 rings (SSSR count). The Morgan fingerprint density at radius 2 is 1.87 bits per heavy atom. The van der Waals surface area contributed by atoms with Gasteiger partial charge in [-0.25, -0.2) is 8.78 Å². The number of nitrogens with zero attached hydrogens (tertiary/aromatic N) is 1. The lowest BCUT2D eigenvalue weighted by molar-refractivity contribution is 0.0742. The highest BCUT2D eigenvalue weighted by Crippen LogP contribution is 2.30. The first kappa shape index (κ1) is 18.1. The first-order chi connectivity index (χ1) is 10.6. The Balaban J connectivity index is 0.00000192. The molecule has 1 amide bonds. The molecule has 6 heteroatoms. The number of hydrogen-bond donors (Lipinski definition) is 1. The highest BCUT2D eigenvalue weighted by atomic mass is 35.5. The van der Waals surface area contributed by atoms with Crippen LogP contribution in [-0.2, 0) is 0 Å². The topological polar surface area (TPSA) is 32.3 Å². The number of piperidine rings is 1. The van der Waals surface area contributed by atoms with Crippen LogP contribution < -0.4 is 5.32 Å². The third kappa shape index (κ3) is 3.66. The SMILES string of the molecule is C[C@@H]1CCCN1C(=O)c1cc(F)c(C2CCNCC2)cc1F.Cl. The van der Waals surface area contributed by atoms with Crippen molar-refractivity contribution in [1.82, 2.24) is 10.2 Å². The van der Waals surface area contributed by atoms with Crippen molar-refractivity contribution < 1.29 is 13.6 Å². The first-order valence-electron chi connectivity index (χ1n) is 8.08. The van der Waals surface area contributed by atoms with E-state index in [0.717, 1.165) is 44.8 Å². The van der Waals surface area contributed by atoms with Gasteiger partial charge in [-0.2, -0.15) is 0 Å². The zero-order chi connectivity index (χ0) is 15.7. The maximum absolute atomic E-state index is 14.4. The van der Waals surface area contributed by atoms with Crippen LogP contribution in [0.3, 0.4) is 0 Å². The van der Waals surface area contributed by atoms with Gasteiger partial charge in [0.25, 0.3) is 5.91 Å². The molecule has 1 aromatic carbocycles. The maximum atomic E-state index is 14.4. The van der Waals surface area contributed by atoms with Crippen LogP contribution in [0.5, 0.6) is 0 Å². The van der Waals surface area contributed by atoms with Crippen molar-refractivity contribution in [2.45, 2.75) is 44.6 Å². The number of carbonyl (C=O) groups is 1. The Morgan fingerprint density at radius 3 is 2.48 bits per heavy atom. The summed E-state index contributed by atoms with van der Waals surface area (Å²) in [6, 6.07) is 2.43. The summed E-state index contributed by atoms with van der Waals surface area (Å²) in [5, 5.41) is 3.21. The second-order valence-electron chi connectivity index (χ2n) is 6.37. The predicted molar refractivity (Wildman–Crippen MR) is 88.2 cm³/mol. The van der Waals surface area contributed by atoms with E-state index in [4.69, 9.17) is 0 Å². The molecule has 0 aromatic heterocycles. The van der Waals surface area contributed by atoms with Crippen LogP contribution in [0.15, 0.2) is 12.1 Å². The molecule has 1 atom stereocenters. The van der Waals surface area contributed by atoms with E-state index in [1.807, 2.05) is 6.92 Å². The maximum Gasteiger partial charge on any atom is 0.257 e. The Bertz CT molecular complexity index is 576. The molecule has 0 saturated carbocycles. The van der Waals surface area contributed by atoms with Crippen molar-refractivity contribution in [3.05, 3.63) is 34.9 Å². The van der Waals surface area contributed by atoms with E-state index >= 15 is 0 Å². The molecule has 0 spiro atoms. The normalized spacial score (nSPS) is 22.0. The minimum atomic E-state index is -0.598. The zero-order valence-corrected chi connectivity index (χ0v) is 14.1. The molecule has 2 fully saturated rings. The molecule has 2 heterocycles. The Kier molecular flexibility index (Phi) is 5.98. The lowest BCUT2D eigenvalue weighted by Crippen LogP contribution is -2.34. The highest BCUT2D eigenvalue weighted by Gasteiger charge is 2.29. The van der Waals surface area contributed by atoms with E-state index in [-0.39, 0.29) is 29.9 Å². The molecule has 23 heavy (non-hydrogen) atoms. The summed E-state index contributed by atoms with van der Waals surface area (Å²) in [5.41, 5.74) is 0.272. The van der Waals surface area contributed by atoms with E-state index in [1.165, 1.54) is 6.07 Å². The van der Waals surface area contributed by atoms with Gasteiger partial charge in [0.2, 0.25) is 0 Å². The van der Waals surface area contributed by atoms with Gasteiger partial charge >= 0.3 is 0 Å². The second kappa shape index (κ2) is 7.58. The van der Waals surface area contributed by atoms with E-state index in [0.29, 0.717) is 12.1 Å². The Hall–Kier alpha value is -1.20. The van der Waals surface area contributed by atoms with E-state index < -0.39 is 17.5 Å². The molecule has 0 radical (unpaired) electrons. The largest absolute Gasteiger partial charge is 0.336 e. The number of rotatable bonds is 2. The van der Waals surface area contributed by atoms with Gasteiger partial charge in [0.1, 0.15) is 11.6 Å². The molecule has 2 aliphatic rings. The number of carbonyl (C=O) groups excluding carboxylic acids is 1. The Labute approximate surface area is 141 Å². The van der Waals surface area contributed by atoms with Crippen molar-refractivity contribution in [2.75, 3.05) is 19.6 Å². The van der Waals surface area contributed by atoms with Gasteiger partial charge in [-0.15, -0.1) is 12.4 Å². The summed E-state index contributed by atoms with van der Waals surface area (Å²) in [4.78, 5) is 14.1. The number of hydrogen-bond acceptors (Lipinski definition) is 2. The molecular formula is C17H23ClF2N2O. The van der Waals surface area contributed by atoms with Gasteiger partial charge in [-0.1, -0.05) is 0 Å². The molecule has 0 aliphatic carbocycles. The van der Waals surface area contributed by atoms with Crippen molar-refractivity contribution >= 4 is 18.3 Å². The number of nitrogens with one attached hydrogen (secondary N) is 1. The summed E-state index contributed by atoms with van der Waals surface area (Å²) in [6.45, 7) is 4.20. The summed E-state index contributed by atoms with van der Waals surface area (Å²) in [7, 11) is 0. The average molecular weight is 345 g/mol. The summed E-state index contributed by atoms with van der Waals surface area (Å²) in [6.07, 6.45) is 3.44. The minimum Gasteiger partial charge on any atom is -0.336 e. The molecular weight excluding hydrogens is 322 g/mol. The zero-order valence-electron chi connectivity index (χ0n) is 13.3. The number of likely N-dealkylation sites (tertiary alicyclic amines) is 1. The van der Waals surface area contributed by atoms with Crippen molar-refractivity contribution in [3.8, 4) is 0 Å². The monoisotopic (exact) mass is 344 g/mol. The molecule has 2 saturated heterocycles. The number of benzene rings is 1. The predicted octanol–water partition coefficient (Wildman–Crippen LogP) is 3.48. The lowest BCUT2D eigenvalue weighted by Gasteiger charge is -2.25. The van der Waals surface area contributed by atoms with Gasteiger partial charge in [-0.05, 0) is 69.3 Å². The van der Waals surface area contributed by atoms with Crippen LogP contribution in [0.25, 0.3) is 0 Å². The molecule has 0 bridgehead atoms. The van der Waals surface area contributed by atoms with E-state index in [1.54, 1.807) is 4.90 Å².